The van der Waals surface area contributed by atoms with Crippen molar-refractivity contribution in [3.05, 3.63) is 6.54 Å². The van der Waals surface area contributed by atoms with Crippen molar-refractivity contribution < 1.29 is 0 Å². The normalized spacial score (nSPS) is 26.0. The number of nitrogens with zero attached hydrogens (tertiary/aromatic N) is 2. The first-order valence-electron chi connectivity index (χ1n) is 2.65. The molecule has 0 aromatic heterocycles. The third kappa shape index (κ3) is 0.540. The van der Waals surface area contributed by atoms with E-state index < -0.39 is 0 Å². The summed E-state index contributed by atoms with van der Waals surface area (Å²) >= 11 is 1.78. The van der Waals surface area contributed by atoms with Gasteiger partial charge in [-0.3, -0.25) is 4.99 Å². The minimum atomic E-state index is 0.968. The molecule has 0 spiro atoms. The van der Waals surface area contributed by atoms with Crippen LogP contribution in [-0.2, 0) is 0 Å². The fourth-order valence-electron chi connectivity index (χ4n) is 0.872. The highest BCUT2D eigenvalue weighted by Crippen LogP contribution is 2.23. The zero-order valence-electron chi connectivity index (χ0n) is 4.42. The molecular weight excluding hydrogens is 120 g/mol. The van der Waals surface area contributed by atoms with Crippen molar-refractivity contribution in [1.82, 2.24) is 4.90 Å². The zero-order valence-corrected chi connectivity index (χ0v) is 5.24. The molecule has 2 rings (SSSR count). The monoisotopic (exact) mass is 126 g/mol. The minimum Gasteiger partial charge on any atom is -0.338 e. The first-order chi connectivity index (χ1) is 3.97. The molecule has 0 saturated carbocycles. The quantitative estimate of drug-likeness (QED) is 0.468. The van der Waals surface area contributed by atoms with Crippen molar-refractivity contribution >= 4 is 16.9 Å². The van der Waals surface area contributed by atoms with Crippen LogP contribution in [0.3, 0.4) is 0 Å². The Hall–Kier alpha value is -0.180. The van der Waals surface area contributed by atoms with E-state index in [0.29, 0.717) is 0 Å². The van der Waals surface area contributed by atoms with Crippen molar-refractivity contribution in [3.63, 3.8) is 0 Å². The molecule has 0 aliphatic carbocycles. The molecule has 0 atom stereocenters. The highest BCUT2D eigenvalue weighted by molar-refractivity contribution is 8.14. The molecule has 8 heavy (non-hydrogen) atoms. The van der Waals surface area contributed by atoms with E-state index in [1.807, 2.05) is 0 Å². The second-order valence-electron chi connectivity index (χ2n) is 1.76. The molecule has 1 fully saturated rings. The van der Waals surface area contributed by atoms with Gasteiger partial charge in [-0.15, -0.1) is 0 Å². The van der Waals surface area contributed by atoms with E-state index in [-0.39, 0.29) is 0 Å². The smallest absolute Gasteiger partial charge is 0.160 e. The average Bonchev–Trinajstić information content (AvgIpc) is 2.15. The lowest BCUT2D eigenvalue weighted by Crippen LogP contribution is -2.16. The number of aliphatic imine (C=N–C) groups is 1. The SMILES string of the molecule is [C]1CSC2=NCCN12. The topological polar surface area (TPSA) is 15.6 Å². The molecule has 3 heteroatoms. The first kappa shape index (κ1) is 4.68. The predicted octanol–water partition coefficient (Wildman–Crippen LogP) is 0.444. The Morgan fingerprint density at radius 1 is 1.75 bits per heavy atom. The van der Waals surface area contributed by atoms with Crippen molar-refractivity contribution in [2.75, 3.05) is 18.8 Å². The van der Waals surface area contributed by atoms with Crippen molar-refractivity contribution in [2.45, 2.75) is 0 Å². The van der Waals surface area contributed by atoms with Gasteiger partial charge >= 0.3 is 0 Å². The van der Waals surface area contributed by atoms with Crippen LogP contribution in [0.2, 0.25) is 0 Å². The maximum Gasteiger partial charge on any atom is 0.160 e. The molecule has 0 N–H and O–H groups in total. The Kier molecular flexibility index (Phi) is 0.966. The number of amidine groups is 1. The van der Waals surface area contributed by atoms with Gasteiger partial charge in [0.25, 0.3) is 0 Å². The van der Waals surface area contributed by atoms with Crippen molar-refractivity contribution in [1.29, 1.82) is 0 Å². The molecule has 2 aliphatic heterocycles. The molecule has 2 radical (unpaired) electrons. The van der Waals surface area contributed by atoms with Crippen LogP contribution in [0.5, 0.6) is 0 Å². The summed E-state index contributed by atoms with van der Waals surface area (Å²) in [5.41, 5.74) is 0. The fraction of sp³-hybridized carbons (Fsp3) is 0.600. The number of thioether (sulfide) groups is 1. The number of hydrogen-bond acceptors (Lipinski definition) is 3. The van der Waals surface area contributed by atoms with Crippen LogP contribution in [0, 0.1) is 6.54 Å². The average molecular weight is 126 g/mol. The summed E-state index contributed by atoms with van der Waals surface area (Å²) in [6.07, 6.45) is 0. The first-order valence-corrected chi connectivity index (χ1v) is 3.64. The van der Waals surface area contributed by atoms with Gasteiger partial charge in [0.05, 0.1) is 6.54 Å². The minimum absolute atomic E-state index is 0.968. The van der Waals surface area contributed by atoms with Crippen LogP contribution in [0.4, 0.5) is 0 Å². The van der Waals surface area contributed by atoms with Gasteiger partial charge in [-0.1, -0.05) is 11.8 Å². The Morgan fingerprint density at radius 3 is 3.62 bits per heavy atom. The highest BCUT2D eigenvalue weighted by atomic mass is 32.2. The molecule has 2 heterocycles. The van der Waals surface area contributed by atoms with Gasteiger partial charge in [-0.05, 0) is 0 Å². The lowest BCUT2D eigenvalue weighted by molar-refractivity contribution is 0.572. The van der Waals surface area contributed by atoms with E-state index in [9.17, 15) is 0 Å². The Balaban J connectivity index is 2.20. The summed E-state index contributed by atoms with van der Waals surface area (Å²) in [6.45, 7) is 5.21. The number of fused-ring (bicyclic) bond motifs is 1. The third-order valence-corrected chi connectivity index (χ3v) is 2.14. The van der Waals surface area contributed by atoms with E-state index >= 15 is 0 Å². The molecule has 0 unspecified atom stereocenters. The molecule has 0 aromatic rings. The Morgan fingerprint density at radius 2 is 2.75 bits per heavy atom. The van der Waals surface area contributed by atoms with Gasteiger partial charge in [0.1, 0.15) is 6.54 Å². The van der Waals surface area contributed by atoms with Crippen LogP contribution in [-0.4, -0.2) is 28.9 Å². The largest absolute Gasteiger partial charge is 0.338 e. The molecule has 1 saturated heterocycles. The van der Waals surface area contributed by atoms with Gasteiger partial charge in [0, 0.05) is 12.3 Å². The summed E-state index contributed by atoms with van der Waals surface area (Å²) in [6, 6.07) is 0. The van der Waals surface area contributed by atoms with Crippen LogP contribution >= 0.6 is 11.8 Å². The summed E-state index contributed by atoms with van der Waals surface area (Å²) < 4.78 is 0. The number of hydrogen-bond donors (Lipinski definition) is 0. The Labute approximate surface area is 53.0 Å². The second-order valence-corrected chi connectivity index (χ2v) is 2.71. The molecular formula is C5H6N2S. The predicted molar refractivity (Wildman–Crippen MR) is 34.7 cm³/mol. The fourth-order valence-corrected chi connectivity index (χ4v) is 1.72. The third-order valence-electron chi connectivity index (χ3n) is 1.26. The maximum atomic E-state index is 4.24. The maximum absolute atomic E-state index is 4.24. The van der Waals surface area contributed by atoms with Gasteiger partial charge in [0.2, 0.25) is 0 Å². The molecule has 0 aromatic carbocycles. The van der Waals surface area contributed by atoms with Crippen LogP contribution in [0.1, 0.15) is 0 Å². The lowest BCUT2D eigenvalue weighted by Gasteiger charge is -2.05. The standard InChI is InChI=1S/C5H6N2S/c1-2-7-3-4-8-5(7)6-1/h1-2,4H2. The van der Waals surface area contributed by atoms with E-state index in [1.54, 1.807) is 11.8 Å². The summed E-state index contributed by atoms with van der Waals surface area (Å²) in [5, 5.41) is 1.17. The number of rotatable bonds is 0. The van der Waals surface area contributed by atoms with E-state index in [4.69, 9.17) is 0 Å². The highest BCUT2D eigenvalue weighted by Gasteiger charge is 2.23. The summed E-state index contributed by atoms with van der Waals surface area (Å²) in [7, 11) is 0. The molecule has 2 nitrogen and oxygen atoms in total. The van der Waals surface area contributed by atoms with Crippen molar-refractivity contribution in [2.24, 2.45) is 4.99 Å². The molecule has 0 amide bonds. The molecule has 42 valence electrons. The van der Waals surface area contributed by atoms with Gasteiger partial charge in [0.15, 0.2) is 5.17 Å². The van der Waals surface area contributed by atoms with E-state index in [2.05, 4.69) is 16.4 Å². The van der Waals surface area contributed by atoms with Crippen LogP contribution in [0.25, 0.3) is 0 Å². The van der Waals surface area contributed by atoms with E-state index in [1.165, 1.54) is 5.17 Å². The van der Waals surface area contributed by atoms with Crippen LogP contribution in [0.15, 0.2) is 4.99 Å². The van der Waals surface area contributed by atoms with Gasteiger partial charge in [-0.25, -0.2) is 0 Å². The van der Waals surface area contributed by atoms with E-state index in [0.717, 1.165) is 18.8 Å². The Bertz CT molecular complexity index is 132. The van der Waals surface area contributed by atoms with Gasteiger partial charge < -0.3 is 4.90 Å². The van der Waals surface area contributed by atoms with Crippen LogP contribution < -0.4 is 0 Å². The zero-order chi connectivity index (χ0) is 5.40. The second kappa shape index (κ2) is 1.65. The molecule has 2 aliphatic rings. The van der Waals surface area contributed by atoms with Gasteiger partial charge in [-0.2, -0.15) is 0 Å². The summed E-state index contributed by atoms with van der Waals surface area (Å²) in [5.74, 6) is 0.999. The summed E-state index contributed by atoms with van der Waals surface area (Å²) in [4.78, 5) is 6.34. The molecule has 0 bridgehead atoms. The van der Waals surface area contributed by atoms with Crippen molar-refractivity contribution in [3.8, 4) is 0 Å². The lowest BCUT2D eigenvalue weighted by atomic mass is 10.6.